The number of allylic oxidation sites excluding steroid dienone is 1. The van der Waals surface area contributed by atoms with Gasteiger partial charge in [-0.2, -0.15) is 0 Å². The molecule has 0 amide bonds. The van der Waals surface area contributed by atoms with E-state index in [4.69, 9.17) is 4.74 Å². The highest BCUT2D eigenvalue weighted by Crippen LogP contribution is 2.30. The van der Waals surface area contributed by atoms with Gasteiger partial charge < -0.3 is 4.74 Å². The molecule has 1 saturated heterocycles. The summed E-state index contributed by atoms with van der Waals surface area (Å²) in [4.78, 5) is 11.5. The third-order valence-corrected chi connectivity index (χ3v) is 2.74. The monoisotopic (exact) mass is 196 g/mol. The van der Waals surface area contributed by atoms with Gasteiger partial charge in [-0.1, -0.05) is 19.4 Å². The molecule has 0 spiro atoms. The lowest BCUT2D eigenvalue weighted by atomic mass is 10.0. The van der Waals surface area contributed by atoms with Crippen molar-refractivity contribution >= 4 is 5.78 Å². The van der Waals surface area contributed by atoms with Gasteiger partial charge in [-0.3, -0.25) is 4.79 Å². The summed E-state index contributed by atoms with van der Waals surface area (Å²) in [5, 5.41) is 0. The number of carbonyl (C=O) groups is 1. The lowest BCUT2D eigenvalue weighted by Gasteiger charge is -2.17. The Balaban J connectivity index is 2.61. The summed E-state index contributed by atoms with van der Waals surface area (Å²) in [7, 11) is 0. The molecule has 0 N–H and O–H groups in total. The molecular weight excluding hydrogens is 176 g/mol. The number of carbonyl (C=O) groups excluding carboxylic acids is 1. The first-order valence-electron chi connectivity index (χ1n) is 5.35. The van der Waals surface area contributed by atoms with Crippen molar-refractivity contribution in [1.82, 2.24) is 0 Å². The zero-order valence-corrected chi connectivity index (χ0v) is 9.59. The van der Waals surface area contributed by atoms with Gasteiger partial charge in [0.25, 0.3) is 0 Å². The fourth-order valence-electron chi connectivity index (χ4n) is 1.63. The zero-order valence-electron chi connectivity index (χ0n) is 9.59. The third-order valence-electron chi connectivity index (χ3n) is 2.74. The van der Waals surface area contributed by atoms with Crippen LogP contribution in [0, 0.1) is 0 Å². The molecule has 1 unspecified atom stereocenters. The number of hydrogen-bond acceptors (Lipinski definition) is 2. The minimum Gasteiger partial charge on any atom is -0.360 e. The fourth-order valence-corrected chi connectivity index (χ4v) is 1.63. The smallest absolute Gasteiger partial charge is 0.167 e. The first-order valence-corrected chi connectivity index (χ1v) is 5.35. The summed E-state index contributed by atoms with van der Waals surface area (Å²) in [5.74, 6) is 0.215. The van der Waals surface area contributed by atoms with Crippen molar-refractivity contribution in [1.29, 1.82) is 0 Å². The van der Waals surface area contributed by atoms with Gasteiger partial charge in [0, 0.05) is 6.42 Å². The van der Waals surface area contributed by atoms with E-state index in [1.807, 2.05) is 13.8 Å². The number of hydrogen-bond donors (Lipinski definition) is 0. The van der Waals surface area contributed by atoms with E-state index < -0.39 is 5.60 Å². The van der Waals surface area contributed by atoms with Crippen LogP contribution in [0.15, 0.2) is 11.6 Å². The van der Waals surface area contributed by atoms with Gasteiger partial charge in [0.1, 0.15) is 5.60 Å². The Morgan fingerprint density at radius 2 is 2.29 bits per heavy atom. The molecule has 1 aliphatic heterocycles. The second-order valence-electron chi connectivity index (χ2n) is 4.48. The number of unbranched alkanes of at least 4 members (excludes halogenated alkanes) is 1. The maximum absolute atomic E-state index is 11.5. The van der Waals surface area contributed by atoms with Crippen molar-refractivity contribution in [2.75, 3.05) is 0 Å². The Morgan fingerprint density at radius 3 is 2.71 bits per heavy atom. The van der Waals surface area contributed by atoms with E-state index >= 15 is 0 Å². The second-order valence-corrected chi connectivity index (χ2v) is 4.48. The molecule has 0 bridgehead atoms. The van der Waals surface area contributed by atoms with Crippen molar-refractivity contribution in [3.8, 4) is 0 Å². The molecule has 1 atom stereocenters. The Hall–Kier alpha value is -0.630. The van der Waals surface area contributed by atoms with Gasteiger partial charge in [-0.25, -0.2) is 0 Å². The Bertz CT molecular complexity index is 251. The first kappa shape index (κ1) is 11.4. The van der Waals surface area contributed by atoms with Crippen LogP contribution >= 0.6 is 0 Å². The molecule has 0 aliphatic carbocycles. The van der Waals surface area contributed by atoms with Crippen LogP contribution in [-0.2, 0) is 9.53 Å². The molecule has 0 aromatic rings. The molecule has 14 heavy (non-hydrogen) atoms. The van der Waals surface area contributed by atoms with Crippen LogP contribution < -0.4 is 0 Å². The maximum Gasteiger partial charge on any atom is 0.167 e. The van der Waals surface area contributed by atoms with Gasteiger partial charge in [-0.05, 0) is 32.8 Å². The van der Waals surface area contributed by atoms with Crippen LogP contribution in [0.25, 0.3) is 0 Å². The molecule has 80 valence electrons. The van der Waals surface area contributed by atoms with Gasteiger partial charge in [0.05, 0.1) is 6.10 Å². The van der Waals surface area contributed by atoms with Gasteiger partial charge in [-0.15, -0.1) is 0 Å². The molecule has 2 heteroatoms. The fraction of sp³-hybridized carbons (Fsp3) is 0.750. The maximum atomic E-state index is 11.5. The highest BCUT2D eigenvalue weighted by molar-refractivity contribution is 5.89. The van der Waals surface area contributed by atoms with Gasteiger partial charge >= 0.3 is 0 Å². The van der Waals surface area contributed by atoms with E-state index in [1.165, 1.54) is 5.57 Å². The van der Waals surface area contributed by atoms with Crippen molar-refractivity contribution in [3.63, 3.8) is 0 Å². The van der Waals surface area contributed by atoms with Crippen molar-refractivity contribution in [2.24, 2.45) is 0 Å². The van der Waals surface area contributed by atoms with Crippen LogP contribution in [0.2, 0.25) is 0 Å². The first-order chi connectivity index (χ1) is 6.47. The van der Waals surface area contributed by atoms with E-state index in [2.05, 4.69) is 19.9 Å². The third kappa shape index (κ3) is 2.44. The standard InChI is InChI=1S/C12H20O2/c1-5-6-7-9(2)10-8-11(13)12(3,4)14-10/h7,10H,5-6,8H2,1-4H3/b9-7+. The van der Waals surface area contributed by atoms with Crippen molar-refractivity contribution < 1.29 is 9.53 Å². The predicted octanol–water partition coefficient (Wildman–Crippen LogP) is 2.87. The van der Waals surface area contributed by atoms with Crippen molar-refractivity contribution in [3.05, 3.63) is 11.6 Å². The molecule has 0 aromatic carbocycles. The summed E-state index contributed by atoms with van der Waals surface area (Å²) < 4.78 is 5.70. The molecular formula is C12H20O2. The zero-order chi connectivity index (χ0) is 10.8. The average Bonchev–Trinajstić information content (AvgIpc) is 2.37. The van der Waals surface area contributed by atoms with Crippen LogP contribution in [0.5, 0.6) is 0 Å². The van der Waals surface area contributed by atoms with Gasteiger partial charge in [0.2, 0.25) is 0 Å². The normalized spacial score (nSPS) is 27.0. The van der Waals surface area contributed by atoms with Crippen molar-refractivity contribution in [2.45, 2.75) is 58.7 Å². The molecule has 1 aliphatic rings. The van der Waals surface area contributed by atoms with E-state index in [1.54, 1.807) is 0 Å². The van der Waals surface area contributed by atoms with Crippen LogP contribution in [0.1, 0.15) is 47.0 Å². The molecule has 1 heterocycles. The molecule has 0 radical (unpaired) electrons. The van der Waals surface area contributed by atoms with E-state index in [-0.39, 0.29) is 11.9 Å². The summed E-state index contributed by atoms with van der Waals surface area (Å²) in [6, 6.07) is 0. The quantitative estimate of drug-likeness (QED) is 0.649. The number of ketones is 1. The van der Waals surface area contributed by atoms with Crippen LogP contribution in [-0.4, -0.2) is 17.5 Å². The molecule has 1 fully saturated rings. The van der Waals surface area contributed by atoms with E-state index in [0.717, 1.165) is 12.8 Å². The SMILES string of the molecule is CCC/C=C(\C)C1CC(=O)C(C)(C)O1. The minimum absolute atomic E-state index is 0.0176. The summed E-state index contributed by atoms with van der Waals surface area (Å²) in [6.45, 7) is 7.90. The van der Waals surface area contributed by atoms with Crippen LogP contribution in [0.4, 0.5) is 0 Å². The Labute approximate surface area is 86.3 Å². The molecule has 0 aromatic heterocycles. The minimum atomic E-state index is -0.577. The van der Waals surface area contributed by atoms with E-state index in [9.17, 15) is 4.79 Å². The topological polar surface area (TPSA) is 26.3 Å². The number of ether oxygens (including phenoxy) is 1. The second kappa shape index (κ2) is 4.26. The predicted molar refractivity (Wildman–Crippen MR) is 57.2 cm³/mol. The molecule has 1 rings (SSSR count). The van der Waals surface area contributed by atoms with E-state index in [0.29, 0.717) is 6.42 Å². The lowest BCUT2D eigenvalue weighted by Crippen LogP contribution is -2.27. The molecule has 2 nitrogen and oxygen atoms in total. The van der Waals surface area contributed by atoms with Gasteiger partial charge in [0.15, 0.2) is 5.78 Å². The highest BCUT2D eigenvalue weighted by atomic mass is 16.5. The molecule has 0 saturated carbocycles. The average molecular weight is 196 g/mol. The largest absolute Gasteiger partial charge is 0.360 e. The Kier molecular flexibility index (Phi) is 3.48. The highest BCUT2D eigenvalue weighted by Gasteiger charge is 2.40. The summed E-state index contributed by atoms with van der Waals surface area (Å²) in [5.41, 5.74) is 0.622. The lowest BCUT2D eigenvalue weighted by molar-refractivity contribution is -0.129. The number of rotatable bonds is 3. The Morgan fingerprint density at radius 1 is 1.64 bits per heavy atom. The van der Waals surface area contributed by atoms with Crippen LogP contribution in [0.3, 0.4) is 0 Å². The summed E-state index contributed by atoms with van der Waals surface area (Å²) >= 11 is 0. The number of Topliss-reactive ketones (excluding diaryl/α,β-unsaturated/α-hetero) is 1. The summed E-state index contributed by atoms with van der Waals surface area (Å²) in [6.07, 6.45) is 4.95.